The molecule has 1 rings (SSSR count). The Morgan fingerprint density at radius 2 is 1.88 bits per heavy atom. The van der Waals surface area contributed by atoms with Crippen LogP contribution in [0.15, 0.2) is 18.2 Å². The number of nitrogens with zero attached hydrogens (tertiary/aromatic N) is 1. The molecule has 0 amide bonds. The maximum Gasteiger partial charge on any atom is 0.0659 e. The van der Waals surface area contributed by atoms with E-state index in [0.717, 1.165) is 22.8 Å². The first-order chi connectivity index (χ1) is 7.90. The highest BCUT2D eigenvalue weighted by atomic mass is 35.5. The highest BCUT2D eigenvalue weighted by Gasteiger charge is 2.07. The van der Waals surface area contributed by atoms with Crippen molar-refractivity contribution < 1.29 is 0 Å². The van der Waals surface area contributed by atoms with Gasteiger partial charge in [0.05, 0.1) is 10.7 Å². The zero-order valence-electron chi connectivity index (χ0n) is 11.4. The number of anilines is 2. The third kappa shape index (κ3) is 4.47. The lowest BCUT2D eigenvalue weighted by atomic mass is 10.1. The van der Waals surface area contributed by atoms with Crippen LogP contribution in [0.5, 0.6) is 0 Å². The van der Waals surface area contributed by atoms with Crippen LogP contribution in [0.1, 0.15) is 27.2 Å². The number of nitrogens with one attached hydrogen (secondary N) is 1. The van der Waals surface area contributed by atoms with Crippen LogP contribution in [0.4, 0.5) is 11.4 Å². The summed E-state index contributed by atoms with van der Waals surface area (Å²) in [4.78, 5) is 2.02. The second kappa shape index (κ2) is 6.15. The fourth-order valence-electron chi connectivity index (χ4n) is 2.01. The lowest BCUT2D eigenvalue weighted by molar-refractivity contribution is 0.540. The first kappa shape index (κ1) is 14.2. The van der Waals surface area contributed by atoms with Gasteiger partial charge in [0.25, 0.3) is 0 Å². The van der Waals surface area contributed by atoms with Gasteiger partial charge in [-0.1, -0.05) is 25.4 Å². The predicted molar refractivity (Wildman–Crippen MR) is 78.3 cm³/mol. The molecule has 17 heavy (non-hydrogen) atoms. The summed E-state index contributed by atoms with van der Waals surface area (Å²) in [5.74, 6) is 0.703. The normalized spacial score (nSPS) is 12.6. The van der Waals surface area contributed by atoms with E-state index in [2.05, 4.69) is 32.2 Å². The quantitative estimate of drug-likeness (QED) is 0.845. The molecule has 1 atom stereocenters. The molecule has 3 heteroatoms. The number of benzene rings is 1. The largest absolute Gasteiger partial charge is 0.383 e. The Morgan fingerprint density at radius 3 is 2.35 bits per heavy atom. The molecule has 0 radical (unpaired) electrons. The van der Waals surface area contributed by atoms with Crippen molar-refractivity contribution in [3.8, 4) is 0 Å². The molecule has 0 aliphatic carbocycles. The van der Waals surface area contributed by atoms with Gasteiger partial charge in [-0.25, -0.2) is 0 Å². The van der Waals surface area contributed by atoms with Crippen LogP contribution in [0.2, 0.25) is 5.02 Å². The first-order valence-corrected chi connectivity index (χ1v) is 6.51. The molecule has 0 fully saturated rings. The molecule has 0 aliphatic heterocycles. The van der Waals surface area contributed by atoms with Crippen molar-refractivity contribution in [1.29, 1.82) is 0 Å². The van der Waals surface area contributed by atoms with Crippen molar-refractivity contribution in [2.45, 2.75) is 33.2 Å². The van der Waals surface area contributed by atoms with E-state index in [9.17, 15) is 0 Å². The molecule has 0 saturated heterocycles. The van der Waals surface area contributed by atoms with Gasteiger partial charge in [0, 0.05) is 25.8 Å². The van der Waals surface area contributed by atoms with Gasteiger partial charge in [-0.15, -0.1) is 0 Å². The van der Waals surface area contributed by atoms with Gasteiger partial charge >= 0.3 is 0 Å². The maximum absolute atomic E-state index is 6.23. The van der Waals surface area contributed by atoms with Crippen molar-refractivity contribution in [1.82, 2.24) is 0 Å². The van der Waals surface area contributed by atoms with E-state index in [0.29, 0.717) is 12.0 Å². The molecule has 0 heterocycles. The molecular formula is C14H23ClN2. The molecule has 0 spiro atoms. The standard InChI is InChI=1S/C14H23ClN2/c1-10(2)8-11(3)16-12-6-7-14(17(4)5)13(15)9-12/h6-7,9-11,16H,8H2,1-5H3. The van der Waals surface area contributed by atoms with E-state index in [-0.39, 0.29) is 0 Å². The van der Waals surface area contributed by atoms with Crippen LogP contribution in [-0.4, -0.2) is 20.1 Å². The van der Waals surface area contributed by atoms with Crippen LogP contribution >= 0.6 is 11.6 Å². The Bertz CT molecular complexity index is 361. The fraction of sp³-hybridized carbons (Fsp3) is 0.571. The van der Waals surface area contributed by atoms with Crippen LogP contribution in [-0.2, 0) is 0 Å². The van der Waals surface area contributed by atoms with E-state index in [4.69, 9.17) is 11.6 Å². The van der Waals surface area contributed by atoms with Crippen molar-refractivity contribution in [2.24, 2.45) is 5.92 Å². The monoisotopic (exact) mass is 254 g/mol. The summed E-state index contributed by atoms with van der Waals surface area (Å²) in [6.07, 6.45) is 1.16. The zero-order valence-corrected chi connectivity index (χ0v) is 12.2. The minimum absolute atomic E-state index is 0.469. The molecular weight excluding hydrogens is 232 g/mol. The van der Waals surface area contributed by atoms with Gasteiger partial charge in [0.15, 0.2) is 0 Å². The Balaban J connectivity index is 2.70. The van der Waals surface area contributed by atoms with Crippen molar-refractivity contribution >= 4 is 23.0 Å². The van der Waals surface area contributed by atoms with E-state index in [1.54, 1.807) is 0 Å². The number of rotatable bonds is 5. The van der Waals surface area contributed by atoms with Crippen molar-refractivity contribution in [3.05, 3.63) is 23.2 Å². The topological polar surface area (TPSA) is 15.3 Å². The van der Waals surface area contributed by atoms with Gasteiger partial charge in [-0.2, -0.15) is 0 Å². The average Bonchev–Trinajstić information content (AvgIpc) is 2.15. The lowest BCUT2D eigenvalue weighted by Crippen LogP contribution is -2.17. The SMILES string of the molecule is CC(C)CC(C)Nc1ccc(N(C)C)c(Cl)c1. The molecule has 1 aromatic carbocycles. The van der Waals surface area contributed by atoms with Crippen LogP contribution in [0.3, 0.4) is 0 Å². The van der Waals surface area contributed by atoms with Crippen molar-refractivity contribution in [3.63, 3.8) is 0 Å². The van der Waals surface area contributed by atoms with Gasteiger partial charge in [0.1, 0.15) is 0 Å². The summed E-state index contributed by atoms with van der Waals surface area (Å²) in [5.41, 5.74) is 2.14. The van der Waals surface area contributed by atoms with Gasteiger partial charge in [-0.05, 0) is 37.5 Å². The number of hydrogen-bond donors (Lipinski definition) is 1. The number of hydrogen-bond acceptors (Lipinski definition) is 2. The number of halogens is 1. The van der Waals surface area contributed by atoms with Crippen LogP contribution in [0.25, 0.3) is 0 Å². The van der Waals surface area contributed by atoms with E-state index in [1.807, 2.05) is 31.1 Å². The molecule has 0 aliphatic rings. The first-order valence-electron chi connectivity index (χ1n) is 6.13. The second-order valence-corrected chi connectivity index (χ2v) is 5.64. The molecule has 0 saturated carbocycles. The summed E-state index contributed by atoms with van der Waals surface area (Å²) in [6, 6.07) is 6.59. The fourth-order valence-corrected chi connectivity index (χ4v) is 2.36. The third-order valence-electron chi connectivity index (χ3n) is 2.67. The van der Waals surface area contributed by atoms with Gasteiger partial charge in [0.2, 0.25) is 0 Å². The van der Waals surface area contributed by atoms with E-state index >= 15 is 0 Å². The second-order valence-electron chi connectivity index (χ2n) is 5.24. The molecule has 2 nitrogen and oxygen atoms in total. The van der Waals surface area contributed by atoms with Crippen LogP contribution in [0, 0.1) is 5.92 Å². The molecule has 0 bridgehead atoms. The molecule has 1 aromatic rings. The minimum Gasteiger partial charge on any atom is -0.383 e. The van der Waals surface area contributed by atoms with E-state index in [1.165, 1.54) is 0 Å². The Morgan fingerprint density at radius 1 is 1.24 bits per heavy atom. The highest BCUT2D eigenvalue weighted by molar-refractivity contribution is 6.33. The summed E-state index contributed by atoms with van der Waals surface area (Å²) in [5, 5.41) is 4.27. The van der Waals surface area contributed by atoms with Crippen LogP contribution < -0.4 is 10.2 Å². The lowest BCUT2D eigenvalue weighted by Gasteiger charge is -2.19. The van der Waals surface area contributed by atoms with Gasteiger partial charge < -0.3 is 10.2 Å². The maximum atomic E-state index is 6.23. The molecule has 1 unspecified atom stereocenters. The van der Waals surface area contributed by atoms with Gasteiger partial charge in [-0.3, -0.25) is 0 Å². The Hall–Kier alpha value is -0.890. The predicted octanol–water partition coefficient (Wildman–Crippen LogP) is 4.25. The molecule has 1 N–H and O–H groups in total. The zero-order chi connectivity index (χ0) is 13.0. The summed E-state index contributed by atoms with van der Waals surface area (Å²) >= 11 is 6.23. The highest BCUT2D eigenvalue weighted by Crippen LogP contribution is 2.27. The van der Waals surface area contributed by atoms with Crippen molar-refractivity contribution in [2.75, 3.05) is 24.3 Å². The summed E-state index contributed by atoms with van der Waals surface area (Å²) in [7, 11) is 3.99. The summed E-state index contributed by atoms with van der Waals surface area (Å²) < 4.78 is 0. The third-order valence-corrected chi connectivity index (χ3v) is 2.97. The summed E-state index contributed by atoms with van der Waals surface area (Å²) in [6.45, 7) is 6.67. The van der Waals surface area contributed by atoms with E-state index < -0.39 is 0 Å². The average molecular weight is 255 g/mol. The smallest absolute Gasteiger partial charge is 0.0659 e. The Kier molecular flexibility index (Phi) is 5.13. The molecule has 96 valence electrons. The minimum atomic E-state index is 0.469. The molecule has 0 aromatic heterocycles. The Labute approximate surface area is 110 Å².